The second-order valence-electron chi connectivity index (χ2n) is 12.7. The third-order valence-electron chi connectivity index (χ3n) is 7.70. The molecule has 0 spiro atoms. The summed E-state index contributed by atoms with van der Waals surface area (Å²) in [7, 11) is 0. The van der Waals surface area contributed by atoms with Gasteiger partial charge in [0.15, 0.2) is 0 Å². The fourth-order valence-corrected chi connectivity index (χ4v) is 5.85. The second-order valence-corrected chi connectivity index (χ2v) is 12.7. The zero-order chi connectivity index (χ0) is 29.8. The lowest BCUT2D eigenvalue weighted by Crippen LogP contribution is -2.28. The molecule has 0 aromatic carbocycles. The molecule has 0 aromatic heterocycles. The molecule has 0 heterocycles. The Morgan fingerprint density at radius 3 is 1.43 bits per heavy atom. The molecule has 2 heteroatoms. The van der Waals surface area contributed by atoms with E-state index < -0.39 is 0 Å². The van der Waals surface area contributed by atoms with Crippen molar-refractivity contribution in [2.75, 3.05) is 0 Å². The maximum Gasteiger partial charge on any atom is 0.0585 e. The Morgan fingerprint density at radius 1 is 0.571 bits per heavy atom. The van der Waals surface area contributed by atoms with Crippen molar-refractivity contribution in [2.45, 2.75) is 108 Å². The first-order valence-corrected chi connectivity index (χ1v) is 14.6. The van der Waals surface area contributed by atoms with Crippen molar-refractivity contribution in [3.63, 3.8) is 0 Å². The maximum atomic E-state index is 10.1. The highest BCUT2D eigenvalue weighted by molar-refractivity contribution is 5.38. The minimum Gasteiger partial charge on any atom is -0.393 e. The fourth-order valence-electron chi connectivity index (χ4n) is 5.85. The van der Waals surface area contributed by atoms with E-state index in [9.17, 15) is 10.2 Å². The Labute approximate surface area is 259 Å². The highest BCUT2D eigenvalue weighted by Crippen LogP contribution is 2.42. The van der Waals surface area contributed by atoms with Gasteiger partial charge in [-0.3, -0.25) is 0 Å². The van der Waals surface area contributed by atoms with E-state index in [1.807, 2.05) is 48.6 Å². The Hall–Kier alpha value is -2.94. The van der Waals surface area contributed by atoms with Crippen molar-refractivity contribution in [3.8, 4) is 0 Å². The van der Waals surface area contributed by atoms with Crippen LogP contribution in [0, 0.1) is 10.8 Å². The molecule has 0 saturated heterocycles. The molecule has 0 radical (unpaired) electrons. The largest absolute Gasteiger partial charge is 0.393 e. The summed E-state index contributed by atoms with van der Waals surface area (Å²) in [4.78, 5) is 0. The van der Waals surface area contributed by atoms with Crippen LogP contribution in [0.5, 0.6) is 0 Å². The van der Waals surface area contributed by atoms with Gasteiger partial charge < -0.3 is 10.2 Å². The summed E-state index contributed by atoms with van der Waals surface area (Å²) in [6, 6.07) is 0. The minimum absolute atomic E-state index is 0. The lowest BCUT2D eigenvalue weighted by Gasteiger charge is -2.35. The summed E-state index contributed by atoms with van der Waals surface area (Å²) in [5.74, 6) is 0. The van der Waals surface area contributed by atoms with Gasteiger partial charge in [0.2, 0.25) is 0 Å². The monoisotopic (exact) mass is 572 g/mol. The molecule has 2 N–H and O–H groups in total. The molecule has 2 atom stereocenters. The van der Waals surface area contributed by atoms with Crippen LogP contribution in [0.4, 0.5) is 0 Å². The van der Waals surface area contributed by atoms with Crippen molar-refractivity contribution in [3.05, 3.63) is 131 Å². The lowest BCUT2D eigenvalue weighted by atomic mass is 9.71. The molecule has 2 nitrogen and oxygen atoms in total. The van der Waals surface area contributed by atoms with E-state index in [-0.39, 0.29) is 37.9 Å². The summed E-state index contributed by atoms with van der Waals surface area (Å²) in [6.45, 7) is 17.3. The van der Waals surface area contributed by atoms with Crippen LogP contribution in [0.15, 0.2) is 131 Å². The molecule has 0 unspecified atom stereocenters. The predicted octanol–water partition coefficient (Wildman–Crippen LogP) is 11.0. The molecular weight excluding hydrogens is 512 g/mol. The highest BCUT2D eigenvalue weighted by Gasteiger charge is 2.32. The standard InChI is InChI=1S/C38H52O2.2CH4/c1-29(20-18-21-30(2)23-24-36-32(4)26-34(40)28-38(36,7)8)19-16-14-12-10-9-11-13-15-17-22-35-31(3)25-33(39)27-37(35,5)6;;/h9-24,33-34,39-40H,25-28H2,1-8H3;2*1H4/b11-9+,12-10+,15-13+,16-14+,20-18+,22-17+,24-23+,29-19+,30-21+;;/t33-,34-;;/m1../s1. The van der Waals surface area contributed by atoms with Gasteiger partial charge in [0.1, 0.15) is 0 Å². The summed E-state index contributed by atoms with van der Waals surface area (Å²) in [5.41, 5.74) is 7.67. The first kappa shape index (κ1) is 39.1. The average molecular weight is 573 g/mol. The van der Waals surface area contributed by atoms with Crippen LogP contribution < -0.4 is 0 Å². The van der Waals surface area contributed by atoms with Crippen molar-refractivity contribution < 1.29 is 10.2 Å². The quantitative estimate of drug-likeness (QED) is 0.256. The zero-order valence-electron chi connectivity index (χ0n) is 26.1. The van der Waals surface area contributed by atoms with E-state index in [0.717, 1.165) is 25.7 Å². The predicted molar refractivity (Wildman–Crippen MR) is 188 cm³/mol. The number of rotatable bonds is 10. The first-order chi connectivity index (χ1) is 18.8. The molecule has 0 bridgehead atoms. The van der Waals surface area contributed by atoms with Crippen molar-refractivity contribution >= 4 is 0 Å². The van der Waals surface area contributed by atoms with Gasteiger partial charge in [-0.25, -0.2) is 0 Å². The fraction of sp³-hybridized carbons (Fsp3) is 0.450. The molecule has 0 amide bonds. The number of aliphatic hydroxyl groups is 2. The van der Waals surface area contributed by atoms with E-state index in [1.165, 1.54) is 33.4 Å². The van der Waals surface area contributed by atoms with Crippen LogP contribution >= 0.6 is 0 Å². The summed E-state index contributed by atoms with van der Waals surface area (Å²) < 4.78 is 0. The molecule has 2 aliphatic rings. The minimum atomic E-state index is -0.225. The highest BCUT2D eigenvalue weighted by atomic mass is 16.3. The lowest BCUT2D eigenvalue weighted by molar-refractivity contribution is 0.116. The van der Waals surface area contributed by atoms with Crippen LogP contribution in [0.25, 0.3) is 0 Å². The third-order valence-corrected chi connectivity index (χ3v) is 7.70. The maximum absolute atomic E-state index is 10.1. The van der Waals surface area contributed by atoms with Crippen molar-refractivity contribution in [2.24, 2.45) is 10.8 Å². The number of allylic oxidation sites excluding steroid dienone is 20. The summed E-state index contributed by atoms with van der Waals surface area (Å²) in [5, 5.41) is 20.1. The third kappa shape index (κ3) is 13.4. The van der Waals surface area contributed by atoms with E-state index in [4.69, 9.17) is 0 Å². The molecule has 0 aromatic rings. The SMILES string of the molecule is C.C.CC1=C(/C=C/C=C/C=C/C=C/C=C/C=C(C)/C=C/C=C(C)/C=C/C2=C(C)C[C@@H](O)CC2(C)C)C(C)(C)C[C@H](O)C1. The van der Waals surface area contributed by atoms with Crippen LogP contribution in [0.3, 0.4) is 0 Å². The molecule has 0 saturated carbocycles. The number of hydrogen-bond donors (Lipinski definition) is 2. The summed E-state index contributed by atoms with van der Waals surface area (Å²) in [6.07, 6.45) is 36.1. The van der Waals surface area contributed by atoms with Gasteiger partial charge >= 0.3 is 0 Å². The van der Waals surface area contributed by atoms with Gasteiger partial charge in [0, 0.05) is 0 Å². The summed E-state index contributed by atoms with van der Waals surface area (Å²) >= 11 is 0. The molecule has 2 rings (SSSR count). The van der Waals surface area contributed by atoms with E-state index >= 15 is 0 Å². The van der Waals surface area contributed by atoms with Gasteiger partial charge in [-0.1, -0.05) is 162 Å². The molecule has 2 aliphatic carbocycles. The van der Waals surface area contributed by atoms with Crippen molar-refractivity contribution in [1.29, 1.82) is 0 Å². The average Bonchev–Trinajstić information content (AvgIpc) is 2.82. The van der Waals surface area contributed by atoms with E-state index in [2.05, 4.69) is 104 Å². The van der Waals surface area contributed by atoms with Crippen LogP contribution in [0.1, 0.15) is 95.9 Å². The normalized spacial score (nSPS) is 24.0. The second kappa shape index (κ2) is 18.6. The van der Waals surface area contributed by atoms with E-state index in [0.29, 0.717) is 0 Å². The van der Waals surface area contributed by atoms with Gasteiger partial charge in [-0.15, -0.1) is 0 Å². The van der Waals surface area contributed by atoms with Gasteiger partial charge in [-0.05, 0) is 75.4 Å². The molecule has 0 aliphatic heterocycles. The first-order valence-electron chi connectivity index (χ1n) is 14.6. The van der Waals surface area contributed by atoms with Crippen molar-refractivity contribution in [1.82, 2.24) is 0 Å². The van der Waals surface area contributed by atoms with Crippen LogP contribution in [0.2, 0.25) is 0 Å². The Kier molecular flexibility index (Phi) is 17.3. The number of aliphatic hydroxyl groups excluding tert-OH is 2. The molecule has 0 fully saturated rings. The zero-order valence-corrected chi connectivity index (χ0v) is 26.1. The van der Waals surface area contributed by atoms with Gasteiger partial charge in [0.05, 0.1) is 12.2 Å². The molecule has 232 valence electrons. The topological polar surface area (TPSA) is 40.5 Å². The smallest absolute Gasteiger partial charge is 0.0585 e. The van der Waals surface area contributed by atoms with Gasteiger partial charge in [0.25, 0.3) is 0 Å². The number of hydrogen-bond acceptors (Lipinski definition) is 2. The Bertz CT molecular complexity index is 1200. The van der Waals surface area contributed by atoms with Gasteiger partial charge in [-0.2, -0.15) is 0 Å². The molecular formula is C40H60O2. The Balaban J connectivity index is 0.00000840. The van der Waals surface area contributed by atoms with E-state index in [1.54, 1.807) is 0 Å². The Morgan fingerprint density at radius 2 is 0.952 bits per heavy atom. The van der Waals surface area contributed by atoms with Crippen LogP contribution in [-0.4, -0.2) is 22.4 Å². The molecule has 42 heavy (non-hydrogen) atoms. The van der Waals surface area contributed by atoms with Crippen LogP contribution in [-0.2, 0) is 0 Å².